The van der Waals surface area contributed by atoms with Crippen molar-refractivity contribution >= 4 is 34.4 Å². The largest absolute Gasteiger partial charge is 0.364 e. The highest BCUT2D eigenvalue weighted by Crippen LogP contribution is 2.36. The molecule has 2 amide bonds. The number of carbonyl (C=O) groups excluding carboxylic acids is 2. The van der Waals surface area contributed by atoms with Crippen LogP contribution in [0.3, 0.4) is 0 Å². The molecule has 5 nitrogen and oxygen atoms in total. The molecule has 2 aliphatic heterocycles. The van der Waals surface area contributed by atoms with Gasteiger partial charge in [-0.3, -0.25) is 9.59 Å². The van der Waals surface area contributed by atoms with Crippen LogP contribution < -0.4 is 4.90 Å². The minimum atomic E-state index is -0.221. The van der Waals surface area contributed by atoms with E-state index in [4.69, 9.17) is 0 Å². The molecule has 1 saturated heterocycles. The number of piperazine rings is 1. The van der Waals surface area contributed by atoms with Gasteiger partial charge in [0, 0.05) is 31.1 Å². The standard InChI is InChI=1S/C21H23N3O2S/c1-3-22-9-11-23(12-10-22)19-18(17-8-5-13-27-17)20(25)24(21(19)26)16-7-4-6-15(2)14-16/h4-8,13-14H,3,9-12H2,1-2H3. The topological polar surface area (TPSA) is 43.9 Å². The summed E-state index contributed by atoms with van der Waals surface area (Å²) in [4.78, 5) is 33.3. The van der Waals surface area contributed by atoms with E-state index in [1.165, 1.54) is 16.2 Å². The zero-order chi connectivity index (χ0) is 19.0. The van der Waals surface area contributed by atoms with Crippen LogP contribution in [0.1, 0.15) is 17.4 Å². The van der Waals surface area contributed by atoms with Crippen LogP contribution in [0.15, 0.2) is 47.5 Å². The molecule has 2 aliphatic rings. The number of amides is 2. The van der Waals surface area contributed by atoms with Gasteiger partial charge in [0.25, 0.3) is 11.8 Å². The number of hydrogen-bond donors (Lipinski definition) is 0. The molecule has 0 unspecified atom stereocenters. The second-order valence-corrected chi connectivity index (χ2v) is 7.85. The number of rotatable bonds is 4. The average molecular weight is 382 g/mol. The SMILES string of the molecule is CCN1CCN(C2=C(c3cccs3)C(=O)N(c3cccc(C)c3)C2=O)CC1. The fourth-order valence-electron chi connectivity index (χ4n) is 3.74. The summed E-state index contributed by atoms with van der Waals surface area (Å²) in [5.41, 5.74) is 2.76. The van der Waals surface area contributed by atoms with Crippen LogP contribution in [0.2, 0.25) is 0 Å². The number of imide groups is 1. The van der Waals surface area contributed by atoms with E-state index in [1.54, 1.807) is 0 Å². The monoisotopic (exact) mass is 381 g/mol. The predicted molar refractivity (Wildman–Crippen MR) is 109 cm³/mol. The molecule has 27 heavy (non-hydrogen) atoms. The van der Waals surface area contributed by atoms with E-state index in [0.29, 0.717) is 17.0 Å². The van der Waals surface area contributed by atoms with Crippen molar-refractivity contribution in [3.63, 3.8) is 0 Å². The minimum Gasteiger partial charge on any atom is -0.364 e. The van der Waals surface area contributed by atoms with Crippen molar-refractivity contribution in [2.24, 2.45) is 0 Å². The molecule has 0 aliphatic carbocycles. The predicted octanol–water partition coefficient (Wildman–Crippen LogP) is 2.98. The molecule has 0 spiro atoms. The number of hydrogen-bond acceptors (Lipinski definition) is 5. The number of carbonyl (C=O) groups is 2. The summed E-state index contributed by atoms with van der Waals surface area (Å²) in [6.07, 6.45) is 0. The van der Waals surface area contributed by atoms with E-state index in [1.807, 2.05) is 48.7 Å². The van der Waals surface area contributed by atoms with Gasteiger partial charge >= 0.3 is 0 Å². The lowest BCUT2D eigenvalue weighted by molar-refractivity contribution is -0.120. The summed E-state index contributed by atoms with van der Waals surface area (Å²) >= 11 is 1.50. The van der Waals surface area contributed by atoms with Gasteiger partial charge in [0.1, 0.15) is 5.70 Å². The Balaban J connectivity index is 1.75. The fourth-order valence-corrected chi connectivity index (χ4v) is 4.51. The maximum Gasteiger partial charge on any atom is 0.282 e. The lowest BCUT2D eigenvalue weighted by atomic mass is 10.1. The van der Waals surface area contributed by atoms with Crippen LogP contribution in [0, 0.1) is 6.92 Å². The molecule has 0 saturated carbocycles. The second-order valence-electron chi connectivity index (χ2n) is 6.91. The lowest BCUT2D eigenvalue weighted by Gasteiger charge is -2.35. The Labute approximate surface area is 163 Å². The fraction of sp³-hybridized carbons (Fsp3) is 0.333. The van der Waals surface area contributed by atoms with Crippen molar-refractivity contribution in [1.29, 1.82) is 0 Å². The molecule has 140 valence electrons. The maximum absolute atomic E-state index is 13.4. The van der Waals surface area contributed by atoms with Gasteiger partial charge in [-0.05, 0) is 42.6 Å². The van der Waals surface area contributed by atoms with E-state index < -0.39 is 0 Å². The van der Waals surface area contributed by atoms with Crippen LogP contribution in [-0.4, -0.2) is 54.3 Å². The van der Waals surface area contributed by atoms with Crippen LogP contribution in [0.5, 0.6) is 0 Å². The molecule has 1 fully saturated rings. The number of benzene rings is 1. The molecule has 6 heteroatoms. The highest BCUT2D eigenvalue weighted by Gasteiger charge is 2.43. The number of anilines is 1. The number of likely N-dealkylation sites (N-methyl/N-ethyl adjacent to an activating group) is 1. The molecular formula is C21H23N3O2S. The highest BCUT2D eigenvalue weighted by atomic mass is 32.1. The van der Waals surface area contributed by atoms with E-state index in [-0.39, 0.29) is 11.8 Å². The van der Waals surface area contributed by atoms with Crippen molar-refractivity contribution in [2.45, 2.75) is 13.8 Å². The molecule has 2 aromatic rings. The van der Waals surface area contributed by atoms with Crippen molar-refractivity contribution in [2.75, 3.05) is 37.6 Å². The minimum absolute atomic E-state index is 0.209. The Morgan fingerprint density at radius 2 is 1.78 bits per heavy atom. The zero-order valence-electron chi connectivity index (χ0n) is 15.6. The molecule has 0 atom stereocenters. The maximum atomic E-state index is 13.4. The summed E-state index contributed by atoms with van der Waals surface area (Å²) in [6, 6.07) is 11.4. The third-order valence-electron chi connectivity index (χ3n) is 5.22. The molecule has 0 radical (unpaired) electrons. The zero-order valence-corrected chi connectivity index (χ0v) is 16.5. The van der Waals surface area contributed by atoms with Gasteiger partial charge in [-0.1, -0.05) is 25.1 Å². The first-order chi connectivity index (χ1) is 13.1. The van der Waals surface area contributed by atoms with Crippen molar-refractivity contribution < 1.29 is 9.59 Å². The summed E-state index contributed by atoms with van der Waals surface area (Å²) in [6.45, 7) is 8.46. The van der Waals surface area contributed by atoms with Crippen LogP contribution in [0.25, 0.3) is 5.57 Å². The van der Waals surface area contributed by atoms with Crippen LogP contribution in [-0.2, 0) is 9.59 Å². The molecular weight excluding hydrogens is 358 g/mol. The molecule has 1 aromatic carbocycles. The van der Waals surface area contributed by atoms with Gasteiger partial charge in [0.15, 0.2) is 0 Å². The van der Waals surface area contributed by atoms with E-state index >= 15 is 0 Å². The van der Waals surface area contributed by atoms with Crippen LogP contribution in [0.4, 0.5) is 5.69 Å². The molecule has 3 heterocycles. The first-order valence-corrected chi connectivity index (χ1v) is 10.2. The van der Waals surface area contributed by atoms with Crippen molar-refractivity contribution in [3.05, 3.63) is 57.9 Å². The summed E-state index contributed by atoms with van der Waals surface area (Å²) in [7, 11) is 0. The van der Waals surface area contributed by atoms with Crippen molar-refractivity contribution in [1.82, 2.24) is 9.80 Å². The van der Waals surface area contributed by atoms with Gasteiger partial charge in [-0.15, -0.1) is 11.3 Å². The quantitative estimate of drug-likeness (QED) is 0.764. The normalized spacial score (nSPS) is 18.7. The number of nitrogens with zero attached hydrogens (tertiary/aromatic N) is 3. The Kier molecular flexibility index (Phi) is 4.85. The summed E-state index contributed by atoms with van der Waals surface area (Å²) in [5, 5.41) is 1.95. The van der Waals surface area contributed by atoms with Gasteiger partial charge in [-0.2, -0.15) is 0 Å². The lowest BCUT2D eigenvalue weighted by Crippen LogP contribution is -2.47. The summed E-state index contributed by atoms with van der Waals surface area (Å²) in [5.74, 6) is -0.431. The molecule has 0 N–H and O–H groups in total. The molecule has 0 bridgehead atoms. The Bertz CT molecular complexity index is 896. The summed E-state index contributed by atoms with van der Waals surface area (Å²) < 4.78 is 0. The van der Waals surface area contributed by atoms with Crippen molar-refractivity contribution in [3.8, 4) is 0 Å². The second kappa shape index (κ2) is 7.29. The Morgan fingerprint density at radius 3 is 2.41 bits per heavy atom. The third kappa shape index (κ3) is 3.19. The van der Waals surface area contributed by atoms with Crippen LogP contribution >= 0.6 is 11.3 Å². The Hall–Kier alpha value is -2.44. The van der Waals surface area contributed by atoms with Gasteiger partial charge in [-0.25, -0.2) is 4.90 Å². The Morgan fingerprint density at radius 1 is 1.00 bits per heavy atom. The van der Waals surface area contributed by atoms with Gasteiger partial charge in [0.2, 0.25) is 0 Å². The van der Waals surface area contributed by atoms with E-state index in [2.05, 4.69) is 16.7 Å². The molecule has 4 rings (SSSR count). The van der Waals surface area contributed by atoms with Gasteiger partial charge < -0.3 is 9.80 Å². The number of thiophene rings is 1. The first kappa shape index (κ1) is 17.9. The van der Waals surface area contributed by atoms with E-state index in [0.717, 1.165) is 43.2 Å². The third-order valence-corrected chi connectivity index (χ3v) is 6.11. The van der Waals surface area contributed by atoms with Gasteiger partial charge in [0.05, 0.1) is 11.3 Å². The highest BCUT2D eigenvalue weighted by molar-refractivity contribution is 7.11. The van der Waals surface area contributed by atoms with E-state index in [9.17, 15) is 9.59 Å². The number of aryl methyl sites for hydroxylation is 1. The average Bonchev–Trinajstić information content (AvgIpc) is 3.28. The molecule has 1 aromatic heterocycles. The smallest absolute Gasteiger partial charge is 0.282 e. The first-order valence-electron chi connectivity index (χ1n) is 9.31.